The summed E-state index contributed by atoms with van der Waals surface area (Å²) in [5.41, 5.74) is -0.918. The van der Waals surface area contributed by atoms with Crippen LogP contribution < -0.4 is 10.6 Å². The lowest BCUT2D eigenvalue weighted by molar-refractivity contribution is -0.135. The van der Waals surface area contributed by atoms with Crippen molar-refractivity contribution in [2.45, 2.75) is 12.6 Å². The molecule has 3 N–H and O–H groups in total. The van der Waals surface area contributed by atoms with Gasteiger partial charge in [-0.2, -0.15) is 0 Å². The highest BCUT2D eigenvalue weighted by atomic mass is 19.1. The molecule has 1 unspecified atom stereocenters. The van der Waals surface area contributed by atoms with Gasteiger partial charge >= 0.3 is 5.97 Å². The molecule has 2 aliphatic heterocycles. The predicted octanol–water partition coefficient (Wildman–Crippen LogP) is 0.470. The van der Waals surface area contributed by atoms with Crippen LogP contribution in [0.1, 0.15) is 5.56 Å². The third kappa shape index (κ3) is 4.86. The fourth-order valence-corrected chi connectivity index (χ4v) is 3.40. The number of allylic oxidation sites excluding steroid dienone is 1. The van der Waals surface area contributed by atoms with Crippen molar-refractivity contribution >= 4 is 17.8 Å². The number of carboxylic acid groups (broad SMARTS) is 1. The van der Waals surface area contributed by atoms with Crippen molar-refractivity contribution < 1.29 is 37.7 Å². The molecule has 1 aromatic rings. The summed E-state index contributed by atoms with van der Waals surface area (Å²) >= 11 is 0. The van der Waals surface area contributed by atoms with Crippen molar-refractivity contribution in [1.82, 2.24) is 15.5 Å². The van der Waals surface area contributed by atoms with Crippen LogP contribution in [0.5, 0.6) is 0 Å². The highest BCUT2D eigenvalue weighted by molar-refractivity contribution is 6.04. The maximum atomic E-state index is 13.9. The molecule has 0 spiro atoms. The number of hydrogen-bond acceptors (Lipinski definition) is 7. The van der Waals surface area contributed by atoms with Gasteiger partial charge in [0.2, 0.25) is 0 Å². The number of benzene rings is 1. The minimum Gasteiger partial charge on any atom is -0.493 e. The van der Waals surface area contributed by atoms with E-state index in [1.165, 1.54) is 24.3 Å². The molecule has 0 saturated carbocycles. The van der Waals surface area contributed by atoms with Gasteiger partial charge in [0, 0.05) is 37.5 Å². The average Bonchev–Trinajstić information content (AvgIpc) is 3.06. The Morgan fingerprint density at radius 2 is 2.19 bits per heavy atom. The maximum absolute atomic E-state index is 13.9. The Hall–Kier alpha value is -3.53. The molecule has 11 heteroatoms. The first-order valence-electron chi connectivity index (χ1n) is 9.65. The molecule has 0 aromatic heterocycles. The minimum absolute atomic E-state index is 0.0275. The van der Waals surface area contributed by atoms with Crippen LogP contribution in [0.15, 0.2) is 47.0 Å². The smallest absolute Gasteiger partial charge is 0.356 e. The monoisotopic (exact) mass is 449 g/mol. The van der Waals surface area contributed by atoms with Gasteiger partial charge in [-0.25, -0.2) is 18.4 Å². The Labute approximate surface area is 182 Å². The molecule has 0 aliphatic carbocycles. The molecule has 0 radical (unpaired) electrons. The zero-order valence-electron chi connectivity index (χ0n) is 17.1. The Morgan fingerprint density at radius 3 is 2.84 bits per heavy atom. The van der Waals surface area contributed by atoms with Crippen molar-refractivity contribution in [3.05, 3.63) is 64.2 Å². The van der Waals surface area contributed by atoms with E-state index < -0.39 is 29.6 Å². The lowest BCUT2D eigenvalue weighted by atomic mass is 9.98. The van der Waals surface area contributed by atoms with E-state index >= 15 is 0 Å². The van der Waals surface area contributed by atoms with Crippen LogP contribution in [0, 0.1) is 11.6 Å². The summed E-state index contributed by atoms with van der Waals surface area (Å²) in [5.74, 6) is -2.54. The van der Waals surface area contributed by atoms with E-state index in [1.807, 2.05) is 0 Å². The fourth-order valence-electron chi connectivity index (χ4n) is 3.40. The predicted molar refractivity (Wildman–Crippen MR) is 106 cm³/mol. The number of nitrogens with one attached hydrogen (secondary N) is 2. The third-order valence-electron chi connectivity index (χ3n) is 4.95. The second-order valence-corrected chi connectivity index (χ2v) is 6.97. The summed E-state index contributed by atoms with van der Waals surface area (Å²) in [7, 11) is 1.17. The first-order valence-corrected chi connectivity index (χ1v) is 9.65. The van der Waals surface area contributed by atoms with Crippen LogP contribution in [0.25, 0.3) is 0 Å². The SMILES string of the molecule is COC1=C(C(=O)O)N(C2CNCCOC2)C=C(C(=O)NCc2ccc(F)cc2F)C1=C=O. The number of halogens is 2. The minimum atomic E-state index is -1.37. The van der Waals surface area contributed by atoms with Crippen molar-refractivity contribution in [2.24, 2.45) is 0 Å². The largest absolute Gasteiger partial charge is 0.493 e. The van der Waals surface area contributed by atoms with Crippen molar-refractivity contribution in [1.29, 1.82) is 0 Å². The number of carbonyl (C=O) groups excluding carboxylic acids is 2. The number of aliphatic carboxylic acids is 1. The van der Waals surface area contributed by atoms with Crippen LogP contribution in [-0.4, -0.2) is 67.3 Å². The molecule has 1 fully saturated rings. The molecule has 1 amide bonds. The standard InChI is InChI=1S/C21H21F2N3O6/c1-31-19-16(10-27)15(20(28)25-7-12-2-3-13(22)6-17(12)23)9-26(18(19)21(29)30)14-8-24-4-5-32-11-14/h2-3,6,9,14,24H,4-5,7-8,11H2,1H3,(H,25,28)(H,29,30). The normalized spacial score (nSPS) is 19.1. The number of amides is 1. The van der Waals surface area contributed by atoms with Crippen LogP contribution in [0.3, 0.4) is 0 Å². The number of rotatable bonds is 6. The molecule has 3 rings (SSSR count). The Morgan fingerprint density at radius 1 is 1.41 bits per heavy atom. The van der Waals surface area contributed by atoms with E-state index in [-0.39, 0.29) is 41.3 Å². The molecule has 0 bridgehead atoms. The van der Waals surface area contributed by atoms with Crippen LogP contribution in [-0.2, 0) is 30.4 Å². The average molecular weight is 449 g/mol. The third-order valence-corrected chi connectivity index (χ3v) is 4.95. The van der Waals surface area contributed by atoms with Gasteiger partial charge in [0.15, 0.2) is 11.5 Å². The van der Waals surface area contributed by atoms with Crippen molar-refractivity contribution in [2.75, 3.05) is 33.4 Å². The molecule has 1 atom stereocenters. The van der Waals surface area contributed by atoms with Crippen molar-refractivity contribution in [3.8, 4) is 0 Å². The lowest BCUT2D eigenvalue weighted by Crippen LogP contribution is -2.45. The van der Waals surface area contributed by atoms with Gasteiger partial charge in [0.25, 0.3) is 5.91 Å². The number of ether oxygens (including phenoxy) is 2. The number of carboxylic acids is 1. The molecule has 170 valence electrons. The Kier molecular flexibility index (Phi) is 7.37. The highest BCUT2D eigenvalue weighted by Crippen LogP contribution is 2.31. The summed E-state index contributed by atoms with van der Waals surface area (Å²) in [6, 6.07) is 2.40. The van der Waals surface area contributed by atoms with E-state index in [1.54, 1.807) is 5.94 Å². The molecule has 1 saturated heterocycles. The lowest BCUT2D eigenvalue weighted by Gasteiger charge is -2.34. The summed E-state index contributed by atoms with van der Waals surface area (Å²) in [6.07, 6.45) is 1.21. The van der Waals surface area contributed by atoms with E-state index in [2.05, 4.69) is 10.6 Å². The second kappa shape index (κ2) is 10.2. The van der Waals surface area contributed by atoms with Crippen LogP contribution >= 0.6 is 0 Å². The van der Waals surface area contributed by atoms with Gasteiger partial charge in [-0.1, -0.05) is 6.07 Å². The molecular formula is C21H21F2N3O6. The van der Waals surface area contributed by atoms with E-state index in [9.17, 15) is 28.3 Å². The molecule has 32 heavy (non-hydrogen) atoms. The van der Waals surface area contributed by atoms with Crippen LogP contribution in [0.4, 0.5) is 8.78 Å². The topological polar surface area (TPSA) is 117 Å². The first-order chi connectivity index (χ1) is 15.4. The molecule has 9 nitrogen and oxygen atoms in total. The zero-order valence-corrected chi connectivity index (χ0v) is 17.1. The second-order valence-electron chi connectivity index (χ2n) is 6.97. The summed E-state index contributed by atoms with van der Waals surface area (Å²) < 4.78 is 37.6. The Balaban J connectivity index is 1.95. The van der Waals surface area contributed by atoms with Gasteiger partial charge in [0.05, 0.1) is 31.9 Å². The number of nitrogens with zero attached hydrogens (tertiary/aromatic N) is 1. The summed E-state index contributed by atoms with van der Waals surface area (Å²) in [5, 5.41) is 15.3. The van der Waals surface area contributed by atoms with E-state index in [4.69, 9.17) is 9.47 Å². The van der Waals surface area contributed by atoms with Crippen molar-refractivity contribution in [3.63, 3.8) is 0 Å². The number of methoxy groups -OCH3 is 1. The van der Waals surface area contributed by atoms with E-state index in [0.717, 1.165) is 6.07 Å². The van der Waals surface area contributed by atoms with Gasteiger partial charge in [-0.3, -0.25) is 4.79 Å². The van der Waals surface area contributed by atoms with Crippen LogP contribution in [0.2, 0.25) is 0 Å². The summed E-state index contributed by atoms with van der Waals surface area (Å²) in [6.45, 7) is 1.20. The first kappa shape index (κ1) is 23.1. The van der Waals surface area contributed by atoms with Gasteiger partial charge in [0.1, 0.15) is 23.1 Å². The molecule has 2 heterocycles. The Bertz CT molecular complexity index is 1020. The molecule has 1 aromatic carbocycles. The maximum Gasteiger partial charge on any atom is 0.356 e. The number of hydrogen-bond donors (Lipinski definition) is 3. The van der Waals surface area contributed by atoms with E-state index in [0.29, 0.717) is 25.8 Å². The van der Waals surface area contributed by atoms with Gasteiger partial charge < -0.3 is 30.1 Å². The van der Waals surface area contributed by atoms with Gasteiger partial charge in [-0.05, 0) is 6.07 Å². The number of carbonyl (C=O) groups is 2. The fraction of sp³-hybridized carbons (Fsp3) is 0.333. The van der Waals surface area contributed by atoms with Gasteiger partial charge in [-0.15, -0.1) is 0 Å². The highest BCUT2D eigenvalue weighted by Gasteiger charge is 2.37. The molecular weight excluding hydrogens is 428 g/mol. The molecule has 2 aliphatic rings. The quantitative estimate of drug-likeness (QED) is 0.537. The summed E-state index contributed by atoms with van der Waals surface area (Å²) in [4.78, 5) is 37.8. The zero-order chi connectivity index (χ0) is 23.3.